The second-order valence-electron chi connectivity index (χ2n) is 7.93. The van der Waals surface area contributed by atoms with Crippen molar-refractivity contribution in [3.8, 4) is 22.6 Å². The van der Waals surface area contributed by atoms with Gasteiger partial charge in [0.15, 0.2) is 5.82 Å². The highest BCUT2D eigenvalue weighted by atomic mass is 32.1. The van der Waals surface area contributed by atoms with Gasteiger partial charge in [-0.3, -0.25) is 0 Å². The average Bonchev–Trinajstić information content (AvgIpc) is 3.26. The molecular formula is C23H22N6O2S. The average molecular weight is 447 g/mol. The van der Waals surface area contributed by atoms with E-state index >= 15 is 0 Å². The Morgan fingerprint density at radius 1 is 1.19 bits per heavy atom. The summed E-state index contributed by atoms with van der Waals surface area (Å²) in [5.74, 6) is 1.62. The fourth-order valence-corrected chi connectivity index (χ4v) is 4.12. The molecule has 9 heteroatoms. The van der Waals surface area contributed by atoms with Crippen LogP contribution in [0.15, 0.2) is 54.0 Å². The van der Waals surface area contributed by atoms with Gasteiger partial charge in [-0.25, -0.2) is 9.78 Å². The van der Waals surface area contributed by atoms with Crippen LogP contribution in [0, 0.1) is 6.92 Å². The Balaban J connectivity index is 1.47. The molecule has 1 unspecified atom stereocenters. The van der Waals surface area contributed by atoms with Crippen LogP contribution in [0.1, 0.15) is 48.1 Å². The van der Waals surface area contributed by atoms with Crippen molar-refractivity contribution < 1.29 is 9.53 Å². The fraction of sp³-hybridized carbons (Fsp3) is 0.261. The van der Waals surface area contributed by atoms with Gasteiger partial charge in [0.1, 0.15) is 10.8 Å². The van der Waals surface area contributed by atoms with Crippen LogP contribution in [-0.2, 0) is 0 Å². The van der Waals surface area contributed by atoms with Crippen LogP contribution in [-0.4, -0.2) is 31.3 Å². The summed E-state index contributed by atoms with van der Waals surface area (Å²) in [7, 11) is 0. The van der Waals surface area contributed by atoms with E-state index in [0.717, 1.165) is 40.5 Å². The molecule has 0 spiro atoms. The van der Waals surface area contributed by atoms with Crippen molar-refractivity contribution in [3.05, 3.63) is 70.4 Å². The van der Waals surface area contributed by atoms with E-state index in [-0.39, 0.29) is 6.04 Å². The number of thiazole rings is 1. The first-order chi connectivity index (χ1) is 15.6. The Hall–Kier alpha value is -3.59. The molecule has 5 rings (SSSR count). The van der Waals surface area contributed by atoms with Crippen molar-refractivity contribution in [2.45, 2.75) is 38.6 Å². The van der Waals surface area contributed by atoms with Crippen molar-refractivity contribution in [2.24, 2.45) is 0 Å². The predicted molar refractivity (Wildman–Crippen MR) is 121 cm³/mol. The number of aromatic nitrogens is 5. The van der Waals surface area contributed by atoms with Gasteiger partial charge in [0.25, 0.3) is 0 Å². The summed E-state index contributed by atoms with van der Waals surface area (Å²) in [5.41, 5.74) is 3.86. The minimum absolute atomic E-state index is 0.247. The first-order valence-corrected chi connectivity index (χ1v) is 11.3. The molecule has 0 saturated heterocycles. The summed E-state index contributed by atoms with van der Waals surface area (Å²) in [6.07, 6.45) is 3.33. The predicted octanol–water partition coefficient (Wildman–Crippen LogP) is 4.82. The lowest BCUT2D eigenvalue weighted by atomic mass is 10.0. The van der Waals surface area contributed by atoms with Crippen LogP contribution in [0.2, 0.25) is 0 Å². The van der Waals surface area contributed by atoms with Gasteiger partial charge in [-0.1, -0.05) is 29.8 Å². The summed E-state index contributed by atoms with van der Waals surface area (Å²) < 4.78 is 7.40. The standard InChI is InChI=1S/C23H22N6O2S/c1-14-3-5-16(6-4-14)18-11-19(29-21(17-7-8-17)26-27-28-29)13-20(12-18)31-23(30)25-15(2)22-24-9-10-32-22/h3-6,9-13,15,17H,7-8H2,1-2H3,(H,25,30). The molecule has 162 valence electrons. The van der Waals surface area contributed by atoms with E-state index < -0.39 is 6.09 Å². The highest BCUT2D eigenvalue weighted by molar-refractivity contribution is 7.09. The Kier molecular flexibility index (Phi) is 5.40. The molecule has 1 N–H and O–H groups in total. The molecule has 1 amide bonds. The summed E-state index contributed by atoms with van der Waals surface area (Å²) in [6, 6.07) is 13.6. The molecular weight excluding hydrogens is 424 g/mol. The van der Waals surface area contributed by atoms with Gasteiger partial charge in [-0.2, -0.15) is 4.68 Å². The summed E-state index contributed by atoms with van der Waals surface area (Å²) >= 11 is 1.48. The summed E-state index contributed by atoms with van der Waals surface area (Å²) in [6.45, 7) is 3.92. The number of hydrogen-bond donors (Lipinski definition) is 1. The molecule has 1 saturated carbocycles. The van der Waals surface area contributed by atoms with Gasteiger partial charge in [-0.05, 0) is 60.4 Å². The van der Waals surface area contributed by atoms with Gasteiger partial charge >= 0.3 is 6.09 Å². The number of nitrogens with one attached hydrogen (secondary N) is 1. The molecule has 8 nitrogen and oxygen atoms in total. The molecule has 1 aliphatic carbocycles. The van der Waals surface area contributed by atoms with E-state index in [2.05, 4.69) is 38.0 Å². The van der Waals surface area contributed by atoms with Gasteiger partial charge in [-0.15, -0.1) is 16.4 Å². The third kappa shape index (κ3) is 4.38. The Labute approximate surface area is 189 Å². The first-order valence-electron chi connectivity index (χ1n) is 10.5. The van der Waals surface area contributed by atoms with E-state index in [1.54, 1.807) is 16.9 Å². The number of benzene rings is 2. The molecule has 1 fully saturated rings. The molecule has 2 aromatic carbocycles. The zero-order valence-corrected chi connectivity index (χ0v) is 18.5. The van der Waals surface area contributed by atoms with Crippen LogP contribution in [0.5, 0.6) is 5.75 Å². The van der Waals surface area contributed by atoms with Gasteiger partial charge in [0, 0.05) is 23.6 Å². The van der Waals surface area contributed by atoms with Crippen molar-refractivity contribution in [2.75, 3.05) is 0 Å². The maximum absolute atomic E-state index is 12.6. The maximum atomic E-state index is 12.6. The molecule has 32 heavy (non-hydrogen) atoms. The molecule has 4 aromatic rings. The van der Waals surface area contributed by atoms with Crippen LogP contribution in [0.25, 0.3) is 16.8 Å². The Morgan fingerprint density at radius 2 is 2.00 bits per heavy atom. The Bertz CT molecular complexity index is 1230. The third-order valence-corrected chi connectivity index (χ3v) is 6.28. The van der Waals surface area contributed by atoms with E-state index in [9.17, 15) is 4.79 Å². The third-order valence-electron chi connectivity index (χ3n) is 5.32. The number of carbonyl (C=O) groups excluding carboxylic acids is 1. The number of amides is 1. The van der Waals surface area contributed by atoms with Crippen molar-refractivity contribution in [1.29, 1.82) is 0 Å². The summed E-state index contributed by atoms with van der Waals surface area (Å²) in [4.78, 5) is 16.8. The highest BCUT2D eigenvalue weighted by Crippen LogP contribution is 2.39. The summed E-state index contributed by atoms with van der Waals surface area (Å²) in [5, 5.41) is 17.8. The van der Waals surface area contributed by atoms with Gasteiger partial charge in [0.2, 0.25) is 0 Å². The second kappa shape index (κ2) is 8.51. The monoisotopic (exact) mass is 446 g/mol. The van der Waals surface area contributed by atoms with E-state index in [1.165, 1.54) is 16.9 Å². The number of ether oxygens (including phenoxy) is 1. The lowest BCUT2D eigenvalue weighted by Crippen LogP contribution is -2.29. The van der Waals surface area contributed by atoms with Crippen LogP contribution in [0.4, 0.5) is 4.79 Å². The smallest absolute Gasteiger partial charge is 0.410 e. The Morgan fingerprint density at radius 3 is 2.72 bits per heavy atom. The lowest BCUT2D eigenvalue weighted by molar-refractivity contribution is 0.197. The quantitative estimate of drug-likeness (QED) is 0.456. The van der Waals surface area contributed by atoms with Crippen LogP contribution < -0.4 is 10.1 Å². The highest BCUT2D eigenvalue weighted by Gasteiger charge is 2.30. The zero-order valence-electron chi connectivity index (χ0n) is 17.7. The van der Waals surface area contributed by atoms with Crippen molar-refractivity contribution >= 4 is 17.4 Å². The normalized spacial score (nSPS) is 14.2. The van der Waals surface area contributed by atoms with E-state index in [1.807, 2.05) is 43.5 Å². The fourth-order valence-electron chi connectivity index (χ4n) is 3.47. The minimum atomic E-state index is -0.543. The van der Waals surface area contributed by atoms with Crippen LogP contribution >= 0.6 is 11.3 Å². The van der Waals surface area contributed by atoms with Crippen LogP contribution in [0.3, 0.4) is 0 Å². The second-order valence-corrected chi connectivity index (χ2v) is 8.86. The van der Waals surface area contributed by atoms with E-state index in [4.69, 9.17) is 4.74 Å². The number of carbonyl (C=O) groups is 1. The zero-order chi connectivity index (χ0) is 22.1. The first kappa shape index (κ1) is 20.3. The number of aryl methyl sites for hydroxylation is 1. The molecule has 0 aliphatic heterocycles. The number of nitrogens with zero attached hydrogens (tertiary/aromatic N) is 5. The van der Waals surface area contributed by atoms with Crippen molar-refractivity contribution in [1.82, 2.24) is 30.5 Å². The topological polar surface area (TPSA) is 94.8 Å². The van der Waals surface area contributed by atoms with Gasteiger partial charge < -0.3 is 10.1 Å². The molecule has 1 aliphatic rings. The van der Waals surface area contributed by atoms with Crippen molar-refractivity contribution in [3.63, 3.8) is 0 Å². The molecule has 2 heterocycles. The maximum Gasteiger partial charge on any atom is 0.413 e. The molecule has 1 atom stereocenters. The number of hydrogen-bond acceptors (Lipinski definition) is 7. The SMILES string of the molecule is Cc1ccc(-c2cc(OC(=O)NC(C)c3nccs3)cc(-n3nnnc3C3CC3)c2)cc1. The molecule has 2 aromatic heterocycles. The number of tetrazole rings is 1. The van der Waals surface area contributed by atoms with E-state index in [0.29, 0.717) is 11.7 Å². The molecule has 0 radical (unpaired) electrons. The number of rotatable bonds is 6. The van der Waals surface area contributed by atoms with Gasteiger partial charge in [0.05, 0.1) is 11.7 Å². The molecule has 0 bridgehead atoms. The largest absolute Gasteiger partial charge is 0.413 e. The minimum Gasteiger partial charge on any atom is -0.410 e. The lowest BCUT2D eigenvalue weighted by Gasteiger charge is -2.14.